The van der Waals surface area contributed by atoms with Crippen LogP contribution in [-0.2, 0) is 45.5 Å². The number of nitrogens with zero attached hydrogens (tertiary/aromatic N) is 2. The highest BCUT2D eigenvalue weighted by Crippen LogP contribution is 2.18. The molecule has 0 aromatic heterocycles. The largest absolute Gasteiger partial charge is 0.354 e. The second kappa shape index (κ2) is 15.5. The topological polar surface area (TPSA) is 86.8 Å². The van der Waals surface area contributed by atoms with E-state index < -0.39 is 28.5 Å². The van der Waals surface area contributed by atoms with Gasteiger partial charge in [0.25, 0.3) is 0 Å². The molecule has 0 bridgehead atoms. The number of sulfonamides is 1. The van der Waals surface area contributed by atoms with Gasteiger partial charge in [-0.3, -0.25) is 9.59 Å². The zero-order valence-corrected chi connectivity index (χ0v) is 25.7. The van der Waals surface area contributed by atoms with Crippen LogP contribution in [0.3, 0.4) is 0 Å². The highest BCUT2D eigenvalue weighted by molar-refractivity contribution is 7.88. The van der Waals surface area contributed by atoms with Crippen molar-refractivity contribution in [1.82, 2.24) is 14.5 Å². The fourth-order valence-corrected chi connectivity index (χ4v) is 5.61. The number of amides is 2. The van der Waals surface area contributed by atoms with Crippen LogP contribution in [0.25, 0.3) is 0 Å². The third kappa shape index (κ3) is 10.1. The zero-order valence-electron chi connectivity index (χ0n) is 24.1. The lowest BCUT2D eigenvalue weighted by molar-refractivity contribution is -0.141. The summed E-state index contributed by atoms with van der Waals surface area (Å²) in [6, 6.07) is 34.6. The molecule has 224 valence electrons. The molecule has 1 atom stereocenters. The van der Waals surface area contributed by atoms with Gasteiger partial charge in [-0.25, -0.2) is 8.42 Å². The monoisotopic (exact) mass is 617 g/mol. The number of hydrogen-bond acceptors (Lipinski definition) is 4. The lowest BCUT2D eigenvalue weighted by Gasteiger charge is -2.33. The van der Waals surface area contributed by atoms with Crippen LogP contribution in [0, 0.1) is 0 Å². The maximum Gasteiger partial charge on any atom is 0.243 e. The van der Waals surface area contributed by atoms with Gasteiger partial charge in [-0.05, 0) is 40.8 Å². The fourth-order valence-electron chi connectivity index (χ4n) is 4.75. The van der Waals surface area contributed by atoms with E-state index in [-0.39, 0.29) is 25.4 Å². The number of nitrogens with one attached hydrogen (secondary N) is 1. The van der Waals surface area contributed by atoms with Crippen LogP contribution in [0.4, 0.5) is 0 Å². The van der Waals surface area contributed by atoms with E-state index in [0.29, 0.717) is 18.0 Å². The zero-order chi connectivity index (χ0) is 30.7. The Bertz CT molecular complexity index is 1570. The van der Waals surface area contributed by atoms with Gasteiger partial charge < -0.3 is 10.2 Å². The highest BCUT2D eigenvalue weighted by atomic mass is 35.5. The average molecular weight is 618 g/mol. The van der Waals surface area contributed by atoms with Gasteiger partial charge in [0.15, 0.2) is 0 Å². The molecule has 4 rings (SSSR count). The van der Waals surface area contributed by atoms with Crippen LogP contribution < -0.4 is 5.32 Å². The average Bonchev–Trinajstić information content (AvgIpc) is 3.00. The number of rotatable bonds is 14. The number of carbonyl (C=O) groups excluding carboxylic acids is 2. The standard InChI is InChI=1S/C34H36ClN3O4S/c1-43(41,42)37(24-29-15-9-4-10-16-29)26-33(39)38(25-30-17-19-31(35)20-18-30)32(23-28-13-7-3-8-14-28)34(40)36-22-21-27-11-5-2-6-12-27/h2-20,32H,21-26H2,1H3,(H,36,40)/t32-/m0/s1. The molecule has 43 heavy (non-hydrogen) atoms. The number of benzene rings is 4. The smallest absolute Gasteiger partial charge is 0.243 e. The van der Waals surface area contributed by atoms with E-state index in [2.05, 4.69) is 5.32 Å². The molecule has 2 amide bonds. The predicted octanol–water partition coefficient (Wildman–Crippen LogP) is 5.10. The van der Waals surface area contributed by atoms with Crippen molar-refractivity contribution < 1.29 is 18.0 Å². The molecule has 9 heteroatoms. The van der Waals surface area contributed by atoms with E-state index >= 15 is 0 Å². The molecule has 0 aliphatic rings. The quantitative estimate of drug-likeness (QED) is 0.213. The third-order valence-electron chi connectivity index (χ3n) is 7.08. The molecule has 4 aromatic rings. The first-order valence-electron chi connectivity index (χ1n) is 14.1. The molecule has 4 aromatic carbocycles. The van der Waals surface area contributed by atoms with Gasteiger partial charge in [0, 0.05) is 31.1 Å². The molecule has 0 heterocycles. The summed E-state index contributed by atoms with van der Waals surface area (Å²) < 4.78 is 26.8. The minimum absolute atomic E-state index is 0.0345. The molecule has 0 saturated carbocycles. The van der Waals surface area contributed by atoms with E-state index in [1.165, 1.54) is 4.90 Å². The number of carbonyl (C=O) groups is 2. The Hall–Kier alpha value is -3.98. The Morgan fingerprint density at radius 2 is 1.23 bits per heavy atom. The summed E-state index contributed by atoms with van der Waals surface area (Å²) in [6.45, 7) is 0.111. The van der Waals surface area contributed by atoms with Crippen LogP contribution in [-0.4, -0.2) is 54.8 Å². The van der Waals surface area contributed by atoms with E-state index in [4.69, 9.17) is 11.6 Å². The van der Waals surface area contributed by atoms with Crippen LogP contribution in [0.15, 0.2) is 115 Å². The third-order valence-corrected chi connectivity index (χ3v) is 8.52. The lowest BCUT2D eigenvalue weighted by Crippen LogP contribution is -2.53. The molecule has 0 saturated heterocycles. The summed E-state index contributed by atoms with van der Waals surface area (Å²) >= 11 is 6.12. The van der Waals surface area contributed by atoms with E-state index in [1.807, 2.05) is 91.0 Å². The second-order valence-corrected chi connectivity index (χ2v) is 12.8. The van der Waals surface area contributed by atoms with Gasteiger partial charge in [-0.2, -0.15) is 4.31 Å². The number of hydrogen-bond donors (Lipinski definition) is 1. The Labute approximate surface area is 259 Å². The first kappa shape index (κ1) is 31.9. The minimum Gasteiger partial charge on any atom is -0.354 e. The molecular formula is C34H36ClN3O4S. The summed E-state index contributed by atoms with van der Waals surface area (Å²) in [5.41, 5.74) is 3.48. The second-order valence-electron chi connectivity index (χ2n) is 10.4. The maximum absolute atomic E-state index is 14.1. The fraction of sp³-hybridized carbons (Fsp3) is 0.235. The van der Waals surface area contributed by atoms with Crippen LogP contribution in [0.1, 0.15) is 22.3 Å². The molecule has 0 aliphatic heterocycles. The Morgan fingerprint density at radius 1 is 0.721 bits per heavy atom. The molecule has 0 unspecified atom stereocenters. The molecular weight excluding hydrogens is 582 g/mol. The first-order chi connectivity index (χ1) is 20.7. The van der Waals surface area contributed by atoms with Gasteiger partial charge in [-0.1, -0.05) is 115 Å². The van der Waals surface area contributed by atoms with Crippen molar-refractivity contribution in [2.75, 3.05) is 19.3 Å². The van der Waals surface area contributed by atoms with Gasteiger partial charge in [0.05, 0.1) is 12.8 Å². The summed E-state index contributed by atoms with van der Waals surface area (Å²) in [5.74, 6) is -0.786. The van der Waals surface area contributed by atoms with Crippen molar-refractivity contribution in [3.8, 4) is 0 Å². The van der Waals surface area contributed by atoms with E-state index in [0.717, 1.165) is 32.8 Å². The van der Waals surface area contributed by atoms with Gasteiger partial charge in [0.2, 0.25) is 21.8 Å². The van der Waals surface area contributed by atoms with E-state index in [9.17, 15) is 18.0 Å². The van der Waals surface area contributed by atoms with Crippen molar-refractivity contribution in [2.45, 2.75) is 32.0 Å². The predicted molar refractivity (Wildman–Crippen MR) is 171 cm³/mol. The van der Waals surface area contributed by atoms with Crippen LogP contribution in [0.2, 0.25) is 5.02 Å². The summed E-state index contributed by atoms with van der Waals surface area (Å²) in [5, 5.41) is 3.57. The number of halogens is 1. The minimum atomic E-state index is -3.75. The molecule has 0 spiro atoms. The van der Waals surface area contributed by atoms with Gasteiger partial charge in [0.1, 0.15) is 6.04 Å². The van der Waals surface area contributed by atoms with Crippen LogP contribution in [0.5, 0.6) is 0 Å². The molecule has 7 nitrogen and oxygen atoms in total. The molecule has 0 radical (unpaired) electrons. The Kier molecular flexibility index (Phi) is 11.5. The Balaban J connectivity index is 1.64. The summed E-state index contributed by atoms with van der Waals surface area (Å²) in [4.78, 5) is 29.4. The molecule has 1 N–H and O–H groups in total. The van der Waals surface area contributed by atoms with E-state index in [1.54, 1.807) is 24.3 Å². The van der Waals surface area contributed by atoms with Gasteiger partial charge >= 0.3 is 0 Å². The van der Waals surface area contributed by atoms with Gasteiger partial charge in [-0.15, -0.1) is 0 Å². The molecule has 0 aliphatic carbocycles. The van der Waals surface area contributed by atoms with Crippen molar-refractivity contribution in [1.29, 1.82) is 0 Å². The SMILES string of the molecule is CS(=O)(=O)N(CC(=O)N(Cc1ccc(Cl)cc1)[C@@H](Cc1ccccc1)C(=O)NCCc1ccccc1)Cc1ccccc1. The maximum atomic E-state index is 14.1. The van der Waals surface area contributed by atoms with Crippen LogP contribution >= 0.6 is 11.6 Å². The lowest BCUT2D eigenvalue weighted by atomic mass is 10.0. The van der Waals surface area contributed by atoms with Crippen molar-refractivity contribution in [2.24, 2.45) is 0 Å². The highest BCUT2D eigenvalue weighted by Gasteiger charge is 2.32. The first-order valence-corrected chi connectivity index (χ1v) is 16.3. The van der Waals surface area contributed by atoms with Crippen molar-refractivity contribution in [3.63, 3.8) is 0 Å². The van der Waals surface area contributed by atoms with Crippen molar-refractivity contribution >= 4 is 33.4 Å². The summed E-state index contributed by atoms with van der Waals surface area (Å²) in [7, 11) is -3.75. The normalized spacial score (nSPS) is 12.1. The summed E-state index contributed by atoms with van der Waals surface area (Å²) in [6.07, 6.45) is 1.98. The Morgan fingerprint density at radius 3 is 1.79 bits per heavy atom. The molecule has 0 fully saturated rings. The van der Waals surface area contributed by atoms with Crippen molar-refractivity contribution in [3.05, 3.63) is 143 Å².